The minimum atomic E-state index is -2.78. The third-order valence-corrected chi connectivity index (χ3v) is 13.2. The Labute approximate surface area is 157 Å². The molecule has 0 aromatic carbocycles. The Morgan fingerprint density at radius 1 is 0.880 bits per heavy atom. The quantitative estimate of drug-likeness (QED) is 0.389. The van der Waals surface area contributed by atoms with Gasteiger partial charge in [-0.25, -0.2) is 0 Å². The van der Waals surface area contributed by atoms with Gasteiger partial charge in [0.15, 0.2) is 0 Å². The number of carbonyl (C=O) groups excluding carboxylic acids is 1. The Bertz CT molecular complexity index is 356. The van der Waals surface area contributed by atoms with Crippen molar-refractivity contribution in [2.45, 2.75) is 84.0 Å². The molecule has 0 saturated heterocycles. The van der Waals surface area contributed by atoms with E-state index in [9.17, 15) is 4.79 Å². The first kappa shape index (κ1) is 24.8. The highest BCUT2D eigenvalue weighted by atomic mass is 28.4. The molecule has 150 valence electrons. The van der Waals surface area contributed by atoms with Crippen LogP contribution in [0.1, 0.15) is 60.3 Å². The fourth-order valence-electron chi connectivity index (χ4n) is 3.13. The molecule has 25 heavy (non-hydrogen) atoms. The van der Waals surface area contributed by atoms with Crippen LogP contribution in [0.4, 0.5) is 0 Å². The van der Waals surface area contributed by atoms with Crippen LogP contribution in [0.2, 0.25) is 23.7 Å². The predicted octanol–water partition coefficient (Wildman–Crippen LogP) is 5.00. The predicted molar refractivity (Wildman–Crippen MR) is 107 cm³/mol. The Balaban J connectivity index is 5.21. The van der Waals surface area contributed by atoms with Crippen molar-refractivity contribution >= 4 is 23.1 Å². The summed E-state index contributed by atoms with van der Waals surface area (Å²) in [6.45, 7) is 10.7. The van der Waals surface area contributed by atoms with Gasteiger partial charge >= 0.3 is 8.80 Å². The molecule has 0 aromatic heterocycles. The van der Waals surface area contributed by atoms with Crippen LogP contribution in [0.3, 0.4) is 0 Å². The molecule has 0 heterocycles. The maximum Gasteiger partial charge on any atom is 0.501 e. The lowest BCUT2D eigenvalue weighted by Crippen LogP contribution is -2.48. The number of hydrogen-bond donors (Lipinski definition) is 0. The van der Waals surface area contributed by atoms with E-state index in [-0.39, 0.29) is 11.9 Å². The van der Waals surface area contributed by atoms with Crippen molar-refractivity contribution in [1.29, 1.82) is 0 Å². The van der Waals surface area contributed by atoms with Gasteiger partial charge in [0.05, 0.1) is 5.92 Å². The molecular formula is C18H40O5Si2. The summed E-state index contributed by atoms with van der Waals surface area (Å²) in [5.41, 5.74) is 0.427. The molecule has 7 heteroatoms. The van der Waals surface area contributed by atoms with Gasteiger partial charge in [0.25, 0.3) is 14.3 Å². The average molecular weight is 393 g/mol. The topological polar surface area (TPSA) is 54.0 Å². The maximum atomic E-state index is 12.9. The highest BCUT2D eigenvalue weighted by Crippen LogP contribution is 2.35. The van der Waals surface area contributed by atoms with Crippen LogP contribution in [-0.4, -0.2) is 44.4 Å². The van der Waals surface area contributed by atoms with E-state index < -0.39 is 17.1 Å². The van der Waals surface area contributed by atoms with E-state index >= 15 is 0 Å². The van der Waals surface area contributed by atoms with Crippen molar-refractivity contribution in [2.24, 2.45) is 5.92 Å². The van der Waals surface area contributed by atoms with Crippen molar-refractivity contribution < 1.29 is 22.5 Å². The SMILES string of the molecule is CCCC[Si](CCCC)(OC(=O)C(C)C[Si](OC)(OC)OC)C(C)C. The third-order valence-electron chi connectivity index (χ3n) is 5.15. The molecule has 0 bridgehead atoms. The normalized spacial score (nSPS) is 14.0. The van der Waals surface area contributed by atoms with E-state index in [1.165, 1.54) is 0 Å². The van der Waals surface area contributed by atoms with E-state index in [0.717, 1.165) is 37.8 Å². The lowest BCUT2D eigenvalue weighted by Gasteiger charge is -2.36. The molecule has 0 spiro atoms. The van der Waals surface area contributed by atoms with Crippen LogP contribution < -0.4 is 0 Å². The van der Waals surface area contributed by atoms with Gasteiger partial charge in [-0.05, 0) is 17.6 Å². The summed E-state index contributed by atoms with van der Waals surface area (Å²) in [6, 6.07) is 2.56. The molecule has 0 amide bonds. The number of carbonyl (C=O) groups is 1. The van der Waals surface area contributed by atoms with E-state index in [2.05, 4.69) is 27.7 Å². The minimum absolute atomic E-state index is 0.115. The van der Waals surface area contributed by atoms with Crippen molar-refractivity contribution in [1.82, 2.24) is 0 Å². The van der Waals surface area contributed by atoms with Gasteiger partial charge in [-0.3, -0.25) is 4.79 Å². The van der Waals surface area contributed by atoms with Crippen LogP contribution in [0, 0.1) is 5.92 Å². The summed E-state index contributed by atoms with van der Waals surface area (Å²) in [4.78, 5) is 12.9. The zero-order valence-electron chi connectivity index (χ0n) is 17.6. The molecular weight excluding hydrogens is 352 g/mol. The fourth-order valence-corrected chi connectivity index (χ4v) is 9.40. The second kappa shape index (κ2) is 12.2. The molecule has 1 unspecified atom stereocenters. The monoisotopic (exact) mass is 392 g/mol. The maximum absolute atomic E-state index is 12.9. The van der Waals surface area contributed by atoms with E-state index in [1.54, 1.807) is 21.3 Å². The first-order valence-corrected chi connectivity index (χ1v) is 14.0. The van der Waals surface area contributed by atoms with Crippen LogP contribution >= 0.6 is 0 Å². The number of unbranched alkanes of at least 4 members (excludes halogenated alkanes) is 2. The van der Waals surface area contributed by atoms with Gasteiger partial charge in [-0.1, -0.05) is 60.3 Å². The molecule has 0 fully saturated rings. The standard InChI is InChI=1S/C18H40O5Si2/c1-9-11-13-24(16(3)4,14-12-10-2)23-18(19)17(5)15-25(20-6,21-7)22-8/h16-17H,9-15H2,1-8H3. The third kappa shape index (κ3) is 7.50. The highest BCUT2D eigenvalue weighted by molar-refractivity contribution is 6.76. The van der Waals surface area contributed by atoms with Gasteiger partial charge in [-0.15, -0.1) is 0 Å². The highest BCUT2D eigenvalue weighted by Gasteiger charge is 2.45. The zero-order valence-corrected chi connectivity index (χ0v) is 19.6. The first-order chi connectivity index (χ1) is 11.8. The van der Waals surface area contributed by atoms with Crippen molar-refractivity contribution in [2.75, 3.05) is 21.3 Å². The Kier molecular flexibility index (Phi) is 12.1. The Morgan fingerprint density at radius 2 is 1.32 bits per heavy atom. The molecule has 5 nitrogen and oxygen atoms in total. The summed E-state index contributed by atoms with van der Waals surface area (Å²) in [6.07, 6.45) is 4.52. The molecule has 0 saturated carbocycles. The van der Waals surface area contributed by atoms with Crippen molar-refractivity contribution in [3.63, 3.8) is 0 Å². The molecule has 1 atom stereocenters. The van der Waals surface area contributed by atoms with Gasteiger partial charge in [0.2, 0.25) is 0 Å². The summed E-state index contributed by atoms with van der Waals surface area (Å²) >= 11 is 0. The first-order valence-electron chi connectivity index (χ1n) is 9.64. The van der Waals surface area contributed by atoms with Crippen LogP contribution in [-0.2, 0) is 22.5 Å². The molecule has 0 aliphatic carbocycles. The number of hydrogen-bond acceptors (Lipinski definition) is 5. The van der Waals surface area contributed by atoms with Crippen LogP contribution in [0.15, 0.2) is 0 Å². The van der Waals surface area contributed by atoms with Crippen molar-refractivity contribution in [3.8, 4) is 0 Å². The average Bonchev–Trinajstić information content (AvgIpc) is 2.61. The van der Waals surface area contributed by atoms with E-state index in [0.29, 0.717) is 11.6 Å². The second-order valence-corrected chi connectivity index (χ2v) is 14.7. The van der Waals surface area contributed by atoms with Crippen LogP contribution in [0.5, 0.6) is 0 Å². The molecule has 0 aromatic rings. The van der Waals surface area contributed by atoms with Crippen molar-refractivity contribution in [3.05, 3.63) is 0 Å². The molecule has 0 N–H and O–H groups in total. The van der Waals surface area contributed by atoms with Gasteiger partial charge in [0.1, 0.15) is 0 Å². The summed E-state index contributed by atoms with van der Waals surface area (Å²) in [5, 5.41) is 0. The van der Waals surface area contributed by atoms with Gasteiger partial charge < -0.3 is 17.7 Å². The smallest absolute Gasteiger partial charge is 0.501 e. The molecule has 0 aliphatic rings. The minimum Gasteiger partial charge on any atom is -0.519 e. The summed E-state index contributed by atoms with van der Waals surface area (Å²) in [7, 11) is -0.156. The molecule has 0 radical (unpaired) electrons. The lowest BCUT2D eigenvalue weighted by atomic mass is 10.2. The Morgan fingerprint density at radius 3 is 1.64 bits per heavy atom. The molecule has 0 rings (SSSR count). The largest absolute Gasteiger partial charge is 0.519 e. The van der Waals surface area contributed by atoms with Crippen LogP contribution in [0.25, 0.3) is 0 Å². The second-order valence-electron chi connectivity index (χ2n) is 7.25. The zero-order chi connectivity index (χ0) is 19.5. The summed E-state index contributed by atoms with van der Waals surface area (Å²) < 4.78 is 22.7. The molecule has 0 aliphatic heterocycles. The fraction of sp³-hybridized carbons (Fsp3) is 0.944. The summed E-state index contributed by atoms with van der Waals surface area (Å²) in [5.74, 6) is -0.406. The lowest BCUT2D eigenvalue weighted by molar-refractivity contribution is -0.139. The Hall–Kier alpha value is -0.216. The van der Waals surface area contributed by atoms with E-state index in [4.69, 9.17) is 17.7 Å². The van der Waals surface area contributed by atoms with Gasteiger partial charge in [-0.2, -0.15) is 0 Å². The number of rotatable bonds is 14. The van der Waals surface area contributed by atoms with E-state index in [1.807, 2.05) is 6.92 Å². The van der Waals surface area contributed by atoms with Gasteiger partial charge in [0, 0.05) is 27.4 Å².